The molecule has 7 nitrogen and oxygen atoms in total. The van der Waals surface area contributed by atoms with Crippen LogP contribution in [0.25, 0.3) is 0 Å². The highest BCUT2D eigenvalue weighted by Gasteiger charge is 2.27. The number of carbonyl (C=O) groups is 1. The van der Waals surface area contributed by atoms with Gasteiger partial charge in [0.2, 0.25) is 0 Å². The lowest BCUT2D eigenvalue weighted by Gasteiger charge is -2.32. The summed E-state index contributed by atoms with van der Waals surface area (Å²) in [6.45, 7) is 1.23. The first-order valence-electron chi connectivity index (χ1n) is 6.58. The average molecular weight is 289 g/mol. The number of rotatable bonds is 3. The van der Waals surface area contributed by atoms with E-state index in [0.717, 1.165) is 0 Å². The van der Waals surface area contributed by atoms with Crippen molar-refractivity contribution in [2.75, 3.05) is 25.1 Å². The van der Waals surface area contributed by atoms with Crippen molar-refractivity contribution in [1.29, 1.82) is 5.26 Å². The van der Waals surface area contributed by atoms with Crippen LogP contribution in [0.4, 0.5) is 11.4 Å². The van der Waals surface area contributed by atoms with Crippen LogP contribution in [0.15, 0.2) is 18.2 Å². The normalized spacial score (nSPS) is 15.3. The van der Waals surface area contributed by atoms with Gasteiger partial charge in [-0.1, -0.05) is 0 Å². The second kappa shape index (κ2) is 6.22. The van der Waals surface area contributed by atoms with Crippen LogP contribution in [0.1, 0.15) is 18.4 Å². The van der Waals surface area contributed by atoms with E-state index in [9.17, 15) is 14.9 Å². The van der Waals surface area contributed by atoms with Gasteiger partial charge in [-0.15, -0.1) is 0 Å². The van der Waals surface area contributed by atoms with Crippen LogP contribution in [0.2, 0.25) is 0 Å². The molecule has 0 bridgehead atoms. The highest BCUT2D eigenvalue weighted by Crippen LogP contribution is 2.29. The minimum absolute atomic E-state index is 0.0975. The molecule has 110 valence electrons. The van der Waals surface area contributed by atoms with Crippen LogP contribution in [0.5, 0.6) is 0 Å². The van der Waals surface area contributed by atoms with E-state index >= 15 is 0 Å². The molecule has 1 fully saturated rings. The topological polar surface area (TPSA) is 96.5 Å². The summed E-state index contributed by atoms with van der Waals surface area (Å²) in [7, 11) is 1.37. The average Bonchev–Trinajstić information content (AvgIpc) is 2.53. The first-order chi connectivity index (χ1) is 10.1. The molecular weight excluding hydrogens is 274 g/mol. The zero-order chi connectivity index (χ0) is 15.4. The Balaban J connectivity index is 2.15. The summed E-state index contributed by atoms with van der Waals surface area (Å²) in [5.41, 5.74) is 0.854. The molecule has 1 aliphatic heterocycles. The molecule has 0 aliphatic carbocycles. The van der Waals surface area contributed by atoms with Gasteiger partial charge in [-0.25, -0.2) is 0 Å². The van der Waals surface area contributed by atoms with Crippen molar-refractivity contribution < 1.29 is 14.5 Å². The second-order valence-electron chi connectivity index (χ2n) is 4.85. The standard InChI is InChI=1S/C14H15N3O4/c1-21-14(18)10-4-6-16(7-5-10)13-3-2-12(17(19)20)8-11(13)9-15/h2-3,8,10H,4-7H2,1H3. The van der Waals surface area contributed by atoms with Crippen molar-refractivity contribution in [3.05, 3.63) is 33.9 Å². The number of methoxy groups -OCH3 is 1. The number of hydrogen-bond donors (Lipinski definition) is 0. The fourth-order valence-corrected chi connectivity index (χ4v) is 2.53. The Kier molecular flexibility index (Phi) is 4.38. The zero-order valence-electron chi connectivity index (χ0n) is 11.6. The summed E-state index contributed by atoms with van der Waals surface area (Å²) < 4.78 is 4.73. The molecule has 7 heteroatoms. The Labute approximate surface area is 121 Å². The summed E-state index contributed by atoms with van der Waals surface area (Å²) in [4.78, 5) is 23.7. The molecule has 1 saturated heterocycles. The molecule has 0 amide bonds. The molecule has 1 aromatic carbocycles. The van der Waals surface area contributed by atoms with Gasteiger partial charge in [-0.2, -0.15) is 5.26 Å². The lowest BCUT2D eigenvalue weighted by atomic mass is 9.96. The van der Waals surface area contributed by atoms with Gasteiger partial charge in [0.05, 0.1) is 29.2 Å². The third-order valence-corrected chi connectivity index (χ3v) is 3.68. The Morgan fingerprint density at radius 2 is 2.14 bits per heavy atom. The van der Waals surface area contributed by atoms with E-state index in [0.29, 0.717) is 31.6 Å². The molecule has 0 aromatic heterocycles. The van der Waals surface area contributed by atoms with Gasteiger partial charge in [0, 0.05) is 25.2 Å². The van der Waals surface area contributed by atoms with Crippen LogP contribution in [-0.2, 0) is 9.53 Å². The predicted molar refractivity (Wildman–Crippen MR) is 74.8 cm³/mol. The maximum Gasteiger partial charge on any atom is 0.308 e. The lowest BCUT2D eigenvalue weighted by molar-refractivity contribution is -0.384. The zero-order valence-corrected chi connectivity index (χ0v) is 11.6. The smallest absolute Gasteiger partial charge is 0.308 e. The van der Waals surface area contributed by atoms with E-state index in [1.54, 1.807) is 6.07 Å². The van der Waals surface area contributed by atoms with Crippen molar-refractivity contribution in [2.45, 2.75) is 12.8 Å². The summed E-state index contributed by atoms with van der Waals surface area (Å²) in [6.07, 6.45) is 1.29. The molecule has 1 heterocycles. The van der Waals surface area contributed by atoms with Crippen molar-refractivity contribution in [3.63, 3.8) is 0 Å². The largest absolute Gasteiger partial charge is 0.469 e. The van der Waals surface area contributed by atoms with Gasteiger partial charge < -0.3 is 9.64 Å². The molecule has 0 N–H and O–H groups in total. The molecule has 0 atom stereocenters. The number of anilines is 1. The van der Waals surface area contributed by atoms with Gasteiger partial charge in [-0.3, -0.25) is 14.9 Å². The summed E-state index contributed by atoms with van der Waals surface area (Å²) >= 11 is 0. The Hall–Kier alpha value is -2.62. The first kappa shape index (κ1) is 14.8. The number of nitrogens with zero attached hydrogens (tertiary/aromatic N) is 3. The van der Waals surface area contributed by atoms with Crippen LogP contribution < -0.4 is 4.90 Å². The van der Waals surface area contributed by atoms with Gasteiger partial charge in [0.15, 0.2) is 0 Å². The first-order valence-corrected chi connectivity index (χ1v) is 6.58. The number of piperidine rings is 1. The molecule has 0 unspecified atom stereocenters. The number of ether oxygens (including phenoxy) is 1. The molecule has 0 spiro atoms. The molecule has 21 heavy (non-hydrogen) atoms. The van der Waals surface area contributed by atoms with Crippen LogP contribution in [-0.4, -0.2) is 31.1 Å². The minimum atomic E-state index is -0.520. The number of non-ortho nitro benzene ring substituents is 1. The highest BCUT2D eigenvalue weighted by atomic mass is 16.6. The fraction of sp³-hybridized carbons (Fsp3) is 0.429. The van der Waals surface area contributed by atoms with E-state index in [4.69, 9.17) is 10.00 Å². The van der Waals surface area contributed by atoms with Gasteiger partial charge in [0.1, 0.15) is 6.07 Å². The quantitative estimate of drug-likeness (QED) is 0.478. The Bertz CT molecular complexity index is 601. The number of benzene rings is 1. The lowest BCUT2D eigenvalue weighted by Crippen LogP contribution is -2.37. The van der Waals surface area contributed by atoms with Crippen LogP contribution in [0, 0.1) is 27.4 Å². The molecule has 1 aromatic rings. The molecule has 1 aliphatic rings. The van der Waals surface area contributed by atoms with Crippen molar-refractivity contribution >= 4 is 17.3 Å². The number of hydrogen-bond acceptors (Lipinski definition) is 6. The maximum absolute atomic E-state index is 11.5. The number of nitro groups is 1. The van der Waals surface area contributed by atoms with Crippen molar-refractivity contribution in [1.82, 2.24) is 0 Å². The van der Waals surface area contributed by atoms with Crippen LogP contribution >= 0.6 is 0 Å². The Morgan fingerprint density at radius 3 is 2.67 bits per heavy atom. The van der Waals surface area contributed by atoms with Crippen molar-refractivity contribution in [2.24, 2.45) is 5.92 Å². The van der Waals surface area contributed by atoms with E-state index < -0.39 is 4.92 Å². The van der Waals surface area contributed by atoms with Crippen molar-refractivity contribution in [3.8, 4) is 6.07 Å². The molecule has 2 rings (SSSR count). The monoisotopic (exact) mass is 289 g/mol. The number of esters is 1. The third-order valence-electron chi connectivity index (χ3n) is 3.68. The number of carbonyl (C=O) groups excluding carboxylic acids is 1. The minimum Gasteiger partial charge on any atom is -0.469 e. The summed E-state index contributed by atoms with van der Waals surface area (Å²) in [6, 6.07) is 6.26. The highest BCUT2D eigenvalue weighted by molar-refractivity contribution is 5.73. The van der Waals surface area contributed by atoms with E-state index in [-0.39, 0.29) is 23.1 Å². The third kappa shape index (κ3) is 3.11. The fourth-order valence-electron chi connectivity index (χ4n) is 2.53. The SMILES string of the molecule is COC(=O)C1CCN(c2ccc([N+](=O)[O-])cc2C#N)CC1. The number of nitro benzene ring substituents is 1. The summed E-state index contributed by atoms with van der Waals surface area (Å²) in [5.74, 6) is -0.325. The van der Waals surface area contributed by atoms with E-state index in [1.807, 2.05) is 11.0 Å². The maximum atomic E-state index is 11.5. The molecular formula is C14H15N3O4. The second-order valence-corrected chi connectivity index (χ2v) is 4.85. The molecule has 0 radical (unpaired) electrons. The van der Waals surface area contributed by atoms with E-state index in [2.05, 4.69) is 0 Å². The summed E-state index contributed by atoms with van der Waals surface area (Å²) in [5, 5.41) is 19.9. The Morgan fingerprint density at radius 1 is 1.48 bits per heavy atom. The van der Waals surface area contributed by atoms with Gasteiger partial charge in [-0.05, 0) is 18.9 Å². The van der Waals surface area contributed by atoms with Crippen LogP contribution in [0.3, 0.4) is 0 Å². The van der Waals surface area contributed by atoms with Gasteiger partial charge in [0.25, 0.3) is 5.69 Å². The van der Waals surface area contributed by atoms with Gasteiger partial charge >= 0.3 is 5.97 Å². The predicted octanol–water partition coefficient (Wildman–Crippen LogP) is 1.86. The van der Waals surface area contributed by atoms with E-state index in [1.165, 1.54) is 19.2 Å². The molecule has 0 saturated carbocycles. The number of nitriles is 1.